The zero-order valence-corrected chi connectivity index (χ0v) is 14.2. The lowest BCUT2D eigenvalue weighted by atomic mass is 10.1. The Morgan fingerprint density at radius 3 is 2.92 bits per heavy atom. The molecule has 1 saturated heterocycles. The lowest BCUT2D eigenvalue weighted by molar-refractivity contribution is -0.121. The van der Waals surface area contributed by atoms with Crippen molar-refractivity contribution in [2.75, 3.05) is 11.9 Å². The molecule has 3 rings (SSSR count). The molecule has 1 fully saturated rings. The molecule has 24 heavy (non-hydrogen) atoms. The van der Waals surface area contributed by atoms with Gasteiger partial charge in [0.05, 0.1) is 11.7 Å². The molecule has 1 aliphatic heterocycles. The monoisotopic (exact) mass is 328 g/mol. The van der Waals surface area contributed by atoms with Crippen LogP contribution in [-0.4, -0.2) is 49.6 Å². The fraction of sp³-hybridized carbons (Fsp3) is 0.529. The number of anilines is 1. The van der Waals surface area contributed by atoms with Gasteiger partial charge < -0.3 is 5.32 Å². The Morgan fingerprint density at radius 1 is 1.38 bits per heavy atom. The van der Waals surface area contributed by atoms with Crippen molar-refractivity contribution in [3.63, 3.8) is 0 Å². The normalized spacial score (nSPS) is 18.2. The molecule has 1 amide bonds. The van der Waals surface area contributed by atoms with Gasteiger partial charge in [0.15, 0.2) is 0 Å². The predicted molar refractivity (Wildman–Crippen MR) is 91.9 cm³/mol. The summed E-state index contributed by atoms with van der Waals surface area (Å²) in [6, 6.07) is 8.01. The Labute approximate surface area is 142 Å². The van der Waals surface area contributed by atoms with E-state index in [4.69, 9.17) is 0 Å². The smallest absolute Gasteiger partial charge is 0.241 e. The van der Waals surface area contributed by atoms with Crippen molar-refractivity contribution in [3.8, 4) is 5.69 Å². The average molecular weight is 328 g/mol. The standard InChI is InChI=1S/C17H24N6O/c1-3-14(4-2)22-10-6-9-16(22)17(24)19-13-7-5-8-15(11-13)23-12-18-20-21-23/h5,7-8,11-12,14,16H,3-4,6,9-10H2,1-2H3,(H,19,24). The minimum absolute atomic E-state index is 0.0356. The molecule has 1 aromatic carbocycles. The number of likely N-dealkylation sites (tertiary alicyclic amines) is 1. The first kappa shape index (κ1) is 16.6. The topological polar surface area (TPSA) is 75.9 Å². The van der Waals surface area contributed by atoms with Gasteiger partial charge in [0.2, 0.25) is 5.91 Å². The number of benzene rings is 1. The summed E-state index contributed by atoms with van der Waals surface area (Å²) < 4.78 is 1.57. The summed E-state index contributed by atoms with van der Waals surface area (Å²) in [5.74, 6) is 0.0771. The van der Waals surface area contributed by atoms with E-state index in [2.05, 4.69) is 39.6 Å². The molecule has 7 nitrogen and oxygen atoms in total. The van der Waals surface area contributed by atoms with E-state index in [1.807, 2.05) is 24.3 Å². The summed E-state index contributed by atoms with van der Waals surface area (Å²) >= 11 is 0. The summed E-state index contributed by atoms with van der Waals surface area (Å²) in [7, 11) is 0. The zero-order valence-electron chi connectivity index (χ0n) is 14.2. The van der Waals surface area contributed by atoms with Crippen LogP contribution in [0.5, 0.6) is 0 Å². The zero-order chi connectivity index (χ0) is 16.9. The summed E-state index contributed by atoms with van der Waals surface area (Å²) in [5.41, 5.74) is 1.59. The Bertz CT molecular complexity index is 667. The van der Waals surface area contributed by atoms with Crippen molar-refractivity contribution in [3.05, 3.63) is 30.6 Å². The van der Waals surface area contributed by atoms with Crippen LogP contribution in [-0.2, 0) is 4.79 Å². The van der Waals surface area contributed by atoms with Crippen molar-refractivity contribution in [1.82, 2.24) is 25.1 Å². The number of aromatic nitrogens is 4. The van der Waals surface area contributed by atoms with Crippen molar-refractivity contribution >= 4 is 11.6 Å². The molecule has 0 radical (unpaired) electrons. The van der Waals surface area contributed by atoms with Crippen LogP contribution in [0.2, 0.25) is 0 Å². The van der Waals surface area contributed by atoms with Gasteiger partial charge in [-0.1, -0.05) is 19.9 Å². The first-order valence-corrected chi connectivity index (χ1v) is 8.63. The van der Waals surface area contributed by atoms with E-state index in [1.54, 1.807) is 4.68 Å². The van der Waals surface area contributed by atoms with Crippen molar-refractivity contribution in [2.24, 2.45) is 0 Å². The number of carbonyl (C=O) groups is 1. The number of hydrogen-bond acceptors (Lipinski definition) is 5. The number of nitrogens with zero attached hydrogens (tertiary/aromatic N) is 5. The summed E-state index contributed by atoms with van der Waals surface area (Å²) in [4.78, 5) is 15.1. The van der Waals surface area contributed by atoms with Gasteiger partial charge in [0.1, 0.15) is 6.33 Å². The number of rotatable bonds is 6. The third-order valence-electron chi connectivity index (χ3n) is 4.74. The third kappa shape index (κ3) is 3.46. The molecule has 2 aromatic rings. The fourth-order valence-electron chi connectivity index (χ4n) is 3.50. The van der Waals surface area contributed by atoms with Crippen LogP contribution in [0.25, 0.3) is 5.69 Å². The van der Waals surface area contributed by atoms with Crippen LogP contribution in [0, 0.1) is 0 Å². The van der Waals surface area contributed by atoms with Crippen LogP contribution in [0.3, 0.4) is 0 Å². The van der Waals surface area contributed by atoms with Crippen LogP contribution in [0.15, 0.2) is 30.6 Å². The number of nitrogens with one attached hydrogen (secondary N) is 1. The maximum absolute atomic E-state index is 12.8. The predicted octanol–water partition coefficient (Wildman–Crippen LogP) is 2.25. The maximum Gasteiger partial charge on any atom is 0.241 e. The highest BCUT2D eigenvalue weighted by atomic mass is 16.2. The lowest BCUT2D eigenvalue weighted by Gasteiger charge is -2.31. The molecule has 0 bridgehead atoms. The van der Waals surface area contributed by atoms with E-state index in [-0.39, 0.29) is 11.9 Å². The van der Waals surface area contributed by atoms with Gasteiger partial charge in [-0.3, -0.25) is 9.69 Å². The fourth-order valence-corrected chi connectivity index (χ4v) is 3.50. The van der Waals surface area contributed by atoms with Crippen LogP contribution in [0.4, 0.5) is 5.69 Å². The number of carbonyl (C=O) groups excluding carboxylic acids is 1. The number of amides is 1. The second kappa shape index (κ2) is 7.53. The molecule has 1 unspecified atom stereocenters. The van der Waals surface area contributed by atoms with Crippen molar-refractivity contribution < 1.29 is 4.79 Å². The summed E-state index contributed by atoms with van der Waals surface area (Å²) in [5, 5.41) is 14.2. The molecule has 1 N–H and O–H groups in total. The second-order valence-electron chi connectivity index (χ2n) is 6.16. The summed E-state index contributed by atoms with van der Waals surface area (Å²) in [6.45, 7) is 5.39. The first-order valence-electron chi connectivity index (χ1n) is 8.63. The molecule has 2 heterocycles. The van der Waals surface area contributed by atoms with E-state index >= 15 is 0 Å². The van der Waals surface area contributed by atoms with E-state index in [1.165, 1.54) is 6.33 Å². The Hall–Kier alpha value is -2.28. The molecular weight excluding hydrogens is 304 g/mol. The molecule has 0 saturated carbocycles. The third-order valence-corrected chi connectivity index (χ3v) is 4.74. The van der Waals surface area contributed by atoms with E-state index in [0.717, 1.165) is 43.6 Å². The summed E-state index contributed by atoms with van der Waals surface area (Å²) in [6.07, 6.45) is 5.70. The number of tetrazole rings is 1. The van der Waals surface area contributed by atoms with Gasteiger partial charge >= 0.3 is 0 Å². The molecule has 0 aliphatic carbocycles. The highest BCUT2D eigenvalue weighted by Gasteiger charge is 2.34. The molecule has 1 aromatic heterocycles. The highest BCUT2D eigenvalue weighted by Crippen LogP contribution is 2.24. The van der Waals surface area contributed by atoms with E-state index in [0.29, 0.717) is 6.04 Å². The van der Waals surface area contributed by atoms with Gasteiger partial charge in [0, 0.05) is 11.7 Å². The molecule has 0 spiro atoms. The van der Waals surface area contributed by atoms with E-state index < -0.39 is 0 Å². The molecule has 1 aliphatic rings. The molecule has 128 valence electrons. The van der Waals surface area contributed by atoms with E-state index in [9.17, 15) is 4.79 Å². The van der Waals surface area contributed by atoms with Crippen LogP contribution >= 0.6 is 0 Å². The molecule has 7 heteroatoms. The van der Waals surface area contributed by atoms with Gasteiger partial charge in [-0.15, -0.1) is 5.10 Å². The maximum atomic E-state index is 12.8. The Morgan fingerprint density at radius 2 is 2.21 bits per heavy atom. The quantitative estimate of drug-likeness (QED) is 0.880. The van der Waals surface area contributed by atoms with Crippen molar-refractivity contribution in [2.45, 2.75) is 51.6 Å². The minimum Gasteiger partial charge on any atom is -0.325 e. The van der Waals surface area contributed by atoms with Crippen LogP contribution < -0.4 is 5.32 Å². The van der Waals surface area contributed by atoms with Gasteiger partial charge in [-0.2, -0.15) is 0 Å². The average Bonchev–Trinajstić information content (AvgIpc) is 3.28. The molecule has 1 atom stereocenters. The second-order valence-corrected chi connectivity index (χ2v) is 6.16. The first-order chi connectivity index (χ1) is 11.7. The van der Waals surface area contributed by atoms with Gasteiger partial charge in [0.25, 0.3) is 0 Å². The SMILES string of the molecule is CCC(CC)N1CCCC1C(=O)Nc1cccc(-n2cnnn2)c1. The van der Waals surface area contributed by atoms with Gasteiger partial charge in [-0.25, -0.2) is 4.68 Å². The highest BCUT2D eigenvalue weighted by molar-refractivity contribution is 5.95. The van der Waals surface area contributed by atoms with Crippen molar-refractivity contribution in [1.29, 1.82) is 0 Å². The lowest BCUT2D eigenvalue weighted by Crippen LogP contribution is -2.45. The Kier molecular flexibility index (Phi) is 5.20. The minimum atomic E-state index is -0.0356. The van der Waals surface area contributed by atoms with Gasteiger partial charge in [-0.05, 0) is 60.9 Å². The Balaban J connectivity index is 1.71. The molecular formula is C17H24N6O. The van der Waals surface area contributed by atoms with Crippen LogP contribution in [0.1, 0.15) is 39.5 Å². The largest absolute Gasteiger partial charge is 0.325 e. The number of hydrogen-bond donors (Lipinski definition) is 1.